The molecule has 32 heavy (non-hydrogen) atoms. The summed E-state index contributed by atoms with van der Waals surface area (Å²) in [4.78, 5) is 9.58. The molecule has 10 heteroatoms. The second kappa shape index (κ2) is 8.53. The van der Waals surface area contributed by atoms with Crippen molar-refractivity contribution in [2.24, 2.45) is 10.2 Å². The van der Waals surface area contributed by atoms with Crippen molar-refractivity contribution < 1.29 is 17.9 Å². The Morgan fingerprint density at radius 3 is 2.31 bits per heavy atom. The van der Waals surface area contributed by atoms with Crippen LogP contribution in [0.25, 0.3) is 10.8 Å². The highest BCUT2D eigenvalue weighted by atomic mass is 32.2. The van der Waals surface area contributed by atoms with Crippen LogP contribution in [0.2, 0.25) is 0 Å². The van der Waals surface area contributed by atoms with Gasteiger partial charge in [0, 0.05) is 23.2 Å². The van der Waals surface area contributed by atoms with Gasteiger partial charge in [0.25, 0.3) is 15.8 Å². The molecular formula is C22H16N4O5S. The minimum Gasteiger partial charge on any atom is -0.354 e. The highest BCUT2D eigenvalue weighted by Crippen LogP contribution is 2.31. The molecule has 0 saturated heterocycles. The van der Waals surface area contributed by atoms with Gasteiger partial charge in [-0.1, -0.05) is 36.4 Å². The molecule has 4 rings (SSSR count). The monoisotopic (exact) mass is 448 g/mol. The fourth-order valence-corrected chi connectivity index (χ4v) is 3.78. The topological polar surface area (TPSA) is 134 Å². The summed E-state index contributed by atoms with van der Waals surface area (Å²) in [5.74, 6) is 0. The Bertz CT molecular complexity index is 1450. The summed E-state index contributed by atoms with van der Waals surface area (Å²) in [5.41, 5.74) is 1.35. The van der Waals surface area contributed by atoms with E-state index in [0.29, 0.717) is 11.4 Å². The smallest absolute Gasteiger partial charge is 0.296 e. The first-order valence-corrected chi connectivity index (χ1v) is 10.8. The summed E-state index contributed by atoms with van der Waals surface area (Å²) < 4.78 is 32.7. The number of hydrogen-bond acceptors (Lipinski definition) is 7. The van der Waals surface area contributed by atoms with E-state index in [1.807, 2.05) is 42.5 Å². The van der Waals surface area contributed by atoms with Crippen LogP contribution in [0.3, 0.4) is 0 Å². The van der Waals surface area contributed by atoms with E-state index in [9.17, 15) is 23.1 Å². The molecule has 0 saturated carbocycles. The summed E-state index contributed by atoms with van der Waals surface area (Å²) in [6.07, 6.45) is 0. The van der Waals surface area contributed by atoms with Crippen LogP contribution in [0.4, 0.5) is 28.4 Å². The number of benzene rings is 4. The number of rotatable bonds is 6. The van der Waals surface area contributed by atoms with Gasteiger partial charge in [-0.15, -0.1) is 5.11 Å². The van der Waals surface area contributed by atoms with Crippen LogP contribution < -0.4 is 5.32 Å². The van der Waals surface area contributed by atoms with Crippen molar-refractivity contribution in [2.75, 3.05) is 5.32 Å². The molecule has 0 bridgehead atoms. The van der Waals surface area contributed by atoms with Crippen LogP contribution in [0.15, 0.2) is 100 Å². The lowest BCUT2D eigenvalue weighted by Crippen LogP contribution is -2.04. The maximum Gasteiger partial charge on any atom is 0.296 e. The van der Waals surface area contributed by atoms with Gasteiger partial charge in [0.05, 0.1) is 22.0 Å². The number of nitro groups is 1. The van der Waals surface area contributed by atoms with Gasteiger partial charge in [0.15, 0.2) is 0 Å². The predicted molar refractivity (Wildman–Crippen MR) is 121 cm³/mol. The third-order valence-electron chi connectivity index (χ3n) is 4.64. The molecule has 4 aromatic rings. The van der Waals surface area contributed by atoms with E-state index in [2.05, 4.69) is 15.5 Å². The fourth-order valence-electron chi connectivity index (χ4n) is 3.12. The first kappa shape index (κ1) is 21.1. The molecule has 0 amide bonds. The molecule has 4 aromatic carbocycles. The zero-order valence-corrected chi connectivity index (χ0v) is 17.2. The summed E-state index contributed by atoms with van der Waals surface area (Å²) in [6.45, 7) is 0. The number of fused-ring (bicyclic) bond motifs is 1. The van der Waals surface area contributed by atoms with E-state index in [-0.39, 0.29) is 5.69 Å². The largest absolute Gasteiger partial charge is 0.354 e. The first-order chi connectivity index (χ1) is 15.3. The number of anilines is 2. The minimum absolute atomic E-state index is 0.00299. The average molecular weight is 448 g/mol. The second-order valence-corrected chi connectivity index (χ2v) is 8.17. The van der Waals surface area contributed by atoms with Gasteiger partial charge in [-0.05, 0) is 41.8 Å². The average Bonchev–Trinajstić information content (AvgIpc) is 2.78. The molecule has 0 aromatic heterocycles. The van der Waals surface area contributed by atoms with Gasteiger partial charge in [0.2, 0.25) is 0 Å². The molecule has 2 N–H and O–H groups in total. The molecule has 0 heterocycles. The standard InChI is InChI=1S/C22H16N4O5S/c27-26(28)18-12-13-21(22(14-18)32(29,30)31)23-16-8-10-17(11-9-16)24-25-20-7-3-5-15-4-1-2-6-19(15)20/h1-14,23H,(H,29,30,31). The lowest BCUT2D eigenvalue weighted by Gasteiger charge is -2.10. The van der Waals surface area contributed by atoms with Gasteiger partial charge in [0.1, 0.15) is 4.90 Å². The normalized spacial score (nSPS) is 11.7. The van der Waals surface area contributed by atoms with E-state index in [0.717, 1.165) is 28.6 Å². The molecule has 0 aliphatic carbocycles. The molecule has 0 aliphatic heterocycles. The highest BCUT2D eigenvalue weighted by Gasteiger charge is 2.20. The van der Waals surface area contributed by atoms with E-state index < -0.39 is 25.6 Å². The predicted octanol–water partition coefficient (Wildman–Crippen LogP) is 6.15. The zero-order valence-electron chi connectivity index (χ0n) is 16.4. The summed E-state index contributed by atoms with van der Waals surface area (Å²) in [6, 6.07) is 23.4. The molecule has 160 valence electrons. The molecular weight excluding hydrogens is 432 g/mol. The Morgan fingerprint density at radius 2 is 1.59 bits per heavy atom. The van der Waals surface area contributed by atoms with Crippen LogP contribution in [0.5, 0.6) is 0 Å². The Morgan fingerprint density at radius 1 is 0.875 bits per heavy atom. The summed E-state index contributed by atoms with van der Waals surface area (Å²) in [5, 5.41) is 24.4. The second-order valence-electron chi connectivity index (χ2n) is 6.78. The lowest BCUT2D eigenvalue weighted by molar-refractivity contribution is -0.385. The van der Waals surface area contributed by atoms with Gasteiger partial charge in [-0.2, -0.15) is 13.5 Å². The summed E-state index contributed by atoms with van der Waals surface area (Å²) >= 11 is 0. The number of nitro benzene ring substituents is 1. The molecule has 9 nitrogen and oxygen atoms in total. The maximum absolute atomic E-state index is 11.7. The molecule has 0 spiro atoms. The fraction of sp³-hybridized carbons (Fsp3) is 0. The van der Waals surface area contributed by atoms with Crippen molar-refractivity contribution >= 4 is 49.3 Å². The molecule has 0 fully saturated rings. The van der Waals surface area contributed by atoms with Crippen LogP contribution in [0.1, 0.15) is 0 Å². The van der Waals surface area contributed by atoms with Crippen molar-refractivity contribution in [1.82, 2.24) is 0 Å². The SMILES string of the molecule is O=[N+]([O-])c1ccc(Nc2ccc(N=Nc3cccc4ccccc34)cc2)c(S(=O)(=O)O)c1. The van der Waals surface area contributed by atoms with Crippen molar-refractivity contribution in [2.45, 2.75) is 4.90 Å². The Balaban J connectivity index is 1.57. The summed E-state index contributed by atoms with van der Waals surface area (Å²) in [7, 11) is -4.68. The minimum atomic E-state index is -4.68. The van der Waals surface area contributed by atoms with E-state index in [1.54, 1.807) is 24.3 Å². The van der Waals surface area contributed by atoms with Crippen molar-refractivity contribution in [3.8, 4) is 0 Å². The number of nitrogens with zero attached hydrogens (tertiary/aromatic N) is 3. The Hall–Kier alpha value is -4.15. The van der Waals surface area contributed by atoms with Gasteiger partial charge in [-0.3, -0.25) is 14.7 Å². The third kappa shape index (κ3) is 4.61. The van der Waals surface area contributed by atoms with Gasteiger partial charge in [-0.25, -0.2) is 0 Å². The molecule has 0 atom stereocenters. The first-order valence-electron chi connectivity index (χ1n) is 9.34. The van der Waals surface area contributed by atoms with Crippen LogP contribution in [-0.4, -0.2) is 17.9 Å². The van der Waals surface area contributed by atoms with Crippen molar-refractivity contribution in [1.29, 1.82) is 0 Å². The molecule has 0 unspecified atom stereocenters. The van der Waals surface area contributed by atoms with E-state index in [4.69, 9.17) is 0 Å². The van der Waals surface area contributed by atoms with Crippen LogP contribution in [-0.2, 0) is 10.1 Å². The number of non-ortho nitro benzene ring substituents is 1. The molecule has 0 aliphatic rings. The van der Waals surface area contributed by atoms with Crippen LogP contribution in [0, 0.1) is 10.1 Å². The van der Waals surface area contributed by atoms with E-state index in [1.165, 1.54) is 6.07 Å². The van der Waals surface area contributed by atoms with Gasteiger partial charge >= 0.3 is 0 Å². The quantitative estimate of drug-likeness (QED) is 0.157. The number of azo groups is 1. The zero-order chi connectivity index (χ0) is 22.7. The number of nitrogens with one attached hydrogen (secondary N) is 1. The molecule has 0 radical (unpaired) electrons. The van der Waals surface area contributed by atoms with E-state index >= 15 is 0 Å². The Kier molecular flexibility index (Phi) is 5.63. The van der Waals surface area contributed by atoms with Crippen molar-refractivity contribution in [3.63, 3.8) is 0 Å². The maximum atomic E-state index is 11.7. The van der Waals surface area contributed by atoms with Crippen LogP contribution >= 0.6 is 0 Å². The highest BCUT2D eigenvalue weighted by molar-refractivity contribution is 7.86. The third-order valence-corrected chi connectivity index (χ3v) is 5.53. The van der Waals surface area contributed by atoms with Crippen molar-refractivity contribution in [3.05, 3.63) is 95.0 Å². The lowest BCUT2D eigenvalue weighted by atomic mass is 10.1. The Labute approximate surface area is 183 Å². The number of hydrogen-bond donors (Lipinski definition) is 2. The van der Waals surface area contributed by atoms with Gasteiger partial charge < -0.3 is 5.32 Å².